The molecule has 1 aromatic rings. The number of rotatable bonds is 1. The van der Waals surface area contributed by atoms with Gasteiger partial charge in [-0.25, -0.2) is 8.78 Å². The minimum absolute atomic E-state index is 0.0625. The van der Waals surface area contributed by atoms with Gasteiger partial charge in [0.25, 0.3) is 5.91 Å². The molecule has 1 aliphatic heterocycles. The van der Waals surface area contributed by atoms with E-state index in [2.05, 4.69) is 0 Å². The molecule has 0 aliphatic carbocycles. The maximum Gasteiger partial charge on any atom is 0.254 e. The molecule has 1 unspecified atom stereocenters. The number of nitrogens with zero attached hydrogens (tertiary/aromatic N) is 2. The highest BCUT2D eigenvalue weighted by molar-refractivity contribution is 5.94. The number of carbonyl (C=O) groups is 1. The molecule has 0 spiro atoms. The quantitative estimate of drug-likeness (QED) is 0.757. The number of hydrogen-bond acceptors (Lipinski definition) is 3. The summed E-state index contributed by atoms with van der Waals surface area (Å²) in [5.74, 6) is -2.49. The molecule has 0 saturated carbocycles. The molecule has 1 fully saturated rings. The van der Waals surface area contributed by atoms with Crippen LogP contribution in [-0.4, -0.2) is 36.6 Å². The monoisotopic (exact) mass is 252 g/mol. The van der Waals surface area contributed by atoms with Crippen molar-refractivity contribution in [2.45, 2.75) is 6.10 Å². The molecule has 0 bridgehead atoms. The highest BCUT2D eigenvalue weighted by Gasteiger charge is 2.25. The fourth-order valence-electron chi connectivity index (χ4n) is 1.72. The number of amides is 1. The van der Waals surface area contributed by atoms with Crippen LogP contribution in [0.25, 0.3) is 0 Å². The Morgan fingerprint density at radius 3 is 2.89 bits per heavy atom. The van der Waals surface area contributed by atoms with Gasteiger partial charge in [0, 0.05) is 12.1 Å². The number of nitriles is 1. The first kappa shape index (κ1) is 12.5. The minimum Gasteiger partial charge on any atom is -0.360 e. The summed E-state index contributed by atoms with van der Waals surface area (Å²) in [5, 5.41) is 8.72. The topological polar surface area (TPSA) is 53.3 Å². The van der Waals surface area contributed by atoms with Gasteiger partial charge in [0.05, 0.1) is 19.2 Å². The molecule has 0 aromatic heterocycles. The van der Waals surface area contributed by atoms with Crippen molar-refractivity contribution in [3.05, 3.63) is 35.4 Å². The fraction of sp³-hybridized carbons (Fsp3) is 0.333. The molecular weight excluding hydrogens is 242 g/mol. The Balaban J connectivity index is 2.15. The zero-order valence-electron chi connectivity index (χ0n) is 9.40. The van der Waals surface area contributed by atoms with Crippen molar-refractivity contribution in [1.82, 2.24) is 4.90 Å². The van der Waals surface area contributed by atoms with Gasteiger partial charge in [-0.15, -0.1) is 0 Å². The Hall–Kier alpha value is -2.00. The summed E-state index contributed by atoms with van der Waals surface area (Å²) in [6, 6.07) is 4.89. The Morgan fingerprint density at radius 2 is 2.22 bits per heavy atom. The van der Waals surface area contributed by atoms with Gasteiger partial charge in [-0.2, -0.15) is 5.26 Å². The molecule has 1 saturated heterocycles. The second-order valence-corrected chi connectivity index (χ2v) is 3.87. The van der Waals surface area contributed by atoms with Crippen LogP contribution in [0, 0.1) is 23.0 Å². The lowest BCUT2D eigenvalue weighted by molar-refractivity contribution is 0.00344. The van der Waals surface area contributed by atoms with Crippen LogP contribution in [0.5, 0.6) is 0 Å². The standard InChI is InChI=1S/C12H10F2N2O2/c13-10-2-1-8(5-11(10)14)12(17)16-3-4-18-9(6-15)7-16/h1-2,5,9H,3-4,7H2. The maximum atomic E-state index is 13.0. The number of hydrogen-bond donors (Lipinski definition) is 0. The van der Waals surface area contributed by atoms with Crippen molar-refractivity contribution in [3.63, 3.8) is 0 Å². The lowest BCUT2D eigenvalue weighted by Crippen LogP contribution is -2.45. The molecule has 94 valence electrons. The van der Waals surface area contributed by atoms with Crippen molar-refractivity contribution in [3.8, 4) is 6.07 Å². The van der Waals surface area contributed by atoms with Gasteiger partial charge in [0.15, 0.2) is 17.7 Å². The molecule has 2 rings (SSSR count). The fourth-order valence-corrected chi connectivity index (χ4v) is 1.72. The third kappa shape index (κ3) is 2.46. The predicted molar refractivity (Wildman–Crippen MR) is 57.6 cm³/mol. The number of carbonyl (C=O) groups excluding carboxylic acids is 1. The summed E-state index contributed by atoms with van der Waals surface area (Å²) in [4.78, 5) is 13.4. The van der Waals surface area contributed by atoms with E-state index in [-0.39, 0.29) is 18.7 Å². The maximum absolute atomic E-state index is 13.0. The van der Waals surface area contributed by atoms with Crippen molar-refractivity contribution in [1.29, 1.82) is 5.26 Å². The number of morpholine rings is 1. The largest absolute Gasteiger partial charge is 0.360 e. The third-order valence-corrected chi connectivity index (χ3v) is 2.66. The first-order chi connectivity index (χ1) is 8.61. The zero-order chi connectivity index (χ0) is 13.1. The van der Waals surface area contributed by atoms with E-state index in [1.165, 1.54) is 11.0 Å². The van der Waals surface area contributed by atoms with E-state index in [4.69, 9.17) is 10.00 Å². The van der Waals surface area contributed by atoms with Crippen LogP contribution in [0.15, 0.2) is 18.2 Å². The van der Waals surface area contributed by atoms with Crippen molar-refractivity contribution < 1.29 is 18.3 Å². The van der Waals surface area contributed by atoms with Crippen LogP contribution >= 0.6 is 0 Å². The Morgan fingerprint density at radius 1 is 1.44 bits per heavy atom. The zero-order valence-corrected chi connectivity index (χ0v) is 9.40. The predicted octanol–water partition coefficient (Wildman–Crippen LogP) is 1.33. The van der Waals surface area contributed by atoms with Gasteiger partial charge in [0.1, 0.15) is 0 Å². The summed E-state index contributed by atoms with van der Waals surface area (Å²) >= 11 is 0. The van der Waals surface area contributed by atoms with Crippen molar-refractivity contribution >= 4 is 5.91 Å². The first-order valence-electron chi connectivity index (χ1n) is 5.37. The van der Waals surface area contributed by atoms with Crippen molar-refractivity contribution in [2.24, 2.45) is 0 Å². The second kappa shape index (κ2) is 5.10. The molecule has 1 heterocycles. The van der Waals surface area contributed by atoms with E-state index >= 15 is 0 Å². The van der Waals surface area contributed by atoms with Gasteiger partial charge < -0.3 is 9.64 Å². The summed E-state index contributed by atoms with van der Waals surface area (Å²) in [7, 11) is 0. The van der Waals surface area contributed by atoms with Gasteiger partial charge in [-0.1, -0.05) is 0 Å². The Kier molecular flexibility index (Phi) is 3.53. The van der Waals surface area contributed by atoms with Gasteiger partial charge in [-0.3, -0.25) is 4.79 Å². The number of benzene rings is 1. The first-order valence-corrected chi connectivity index (χ1v) is 5.37. The second-order valence-electron chi connectivity index (χ2n) is 3.87. The van der Waals surface area contributed by atoms with Crippen LogP contribution in [0.2, 0.25) is 0 Å². The molecule has 1 amide bonds. The van der Waals surface area contributed by atoms with Gasteiger partial charge in [-0.05, 0) is 18.2 Å². The van der Waals surface area contributed by atoms with Crippen LogP contribution < -0.4 is 0 Å². The summed E-state index contributed by atoms with van der Waals surface area (Å²) in [6.07, 6.45) is -0.673. The molecule has 1 atom stereocenters. The average molecular weight is 252 g/mol. The molecule has 1 aromatic carbocycles. The molecule has 1 aliphatic rings. The third-order valence-electron chi connectivity index (χ3n) is 2.66. The lowest BCUT2D eigenvalue weighted by Gasteiger charge is -2.29. The smallest absolute Gasteiger partial charge is 0.254 e. The summed E-state index contributed by atoms with van der Waals surface area (Å²) < 4.78 is 30.9. The van der Waals surface area contributed by atoms with E-state index in [0.717, 1.165) is 12.1 Å². The molecular formula is C12H10F2N2O2. The van der Waals surface area contributed by atoms with Crippen LogP contribution in [0.1, 0.15) is 10.4 Å². The SMILES string of the molecule is N#CC1CN(C(=O)c2ccc(F)c(F)c2)CCO1. The van der Waals surface area contributed by atoms with E-state index in [0.29, 0.717) is 6.54 Å². The molecule has 6 heteroatoms. The minimum atomic E-state index is -1.06. The lowest BCUT2D eigenvalue weighted by atomic mass is 10.1. The van der Waals surface area contributed by atoms with Crippen molar-refractivity contribution in [2.75, 3.05) is 19.7 Å². The highest BCUT2D eigenvalue weighted by atomic mass is 19.2. The molecule has 4 nitrogen and oxygen atoms in total. The van der Waals surface area contributed by atoms with Gasteiger partial charge in [0.2, 0.25) is 0 Å². The van der Waals surface area contributed by atoms with Gasteiger partial charge >= 0.3 is 0 Å². The summed E-state index contributed by atoms with van der Waals surface area (Å²) in [6.45, 7) is 0.720. The highest BCUT2D eigenvalue weighted by Crippen LogP contribution is 2.13. The number of ether oxygens (including phenoxy) is 1. The molecule has 0 radical (unpaired) electrons. The van der Waals surface area contributed by atoms with E-state index in [1.54, 1.807) is 0 Å². The van der Waals surface area contributed by atoms with Crippen LogP contribution in [0.3, 0.4) is 0 Å². The van der Waals surface area contributed by atoms with E-state index in [9.17, 15) is 13.6 Å². The molecule has 0 N–H and O–H groups in total. The molecule has 18 heavy (non-hydrogen) atoms. The van der Waals surface area contributed by atoms with Crippen LogP contribution in [-0.2, 0) is 4.74 Å². The Labute approximate surface area is 102 Å². The van der Waals surface area contributed by atoms with E-state index in [1.807, 2.05) is 6.07 Å². The normalized spacial score (nSPS) is 19.4. The van der Waals surface area contributed by atoms with E-state index < -0.39 is 23.6 Å². The summed E-state index contributed by atoms with van der Waals surface area (Å²) in [5.41, 5.74) is 0.0625. The Bertz CT molecular complexity index is 513. The number of halogens is 2. The average Bonchev–Trinajstić information content (AvgIpc) is 2.41. The van der Waals surface area contributed by atoms with Crippen LogP contribution in [0.4, 0.5) is 8.78 Å².